The molecule has 1 amide bonds. The zero-order valence-corrected chi connectivity index (χ0v) is 11.9. The van der Waals surface area contributed by atoms with E-state index in [1.54, 1.807) is 6.07 Å². The van der Waals surface area contributed by atoms with Crippen molar-refractivity contribution < 1.29 is 4.79 Å². The number of amides is 1. The summed E-state index contributed by atoms with van der Waals surface area (Å²) in [7, 11) is 0. The van der Waals surface area contributed by atoms with Gasteiger partial charge >= 0.3 is 0 Å². The van der Waals surface area contributed by atoms with E-state index >= 15 is 0 Å². The number of aryl methyl sites for hydroxylation is 3. The Bertz CT molecular complexity index is 702. The van der Waals surface area contributed by atoms with Crippen molar-refractivity contribution in [3.8, 4) is 0 Å². The number of carbonyl (C=O) groups is 1. The van der Waals surface area contributed by atoms with Crippen LogP contribution in [0.2, 0.25) is 0 Å². The molecule has 1 N–H and O–H groups in total. The highest BCUT2D eigenvalue weighted by Gasteiger charge is 2.08. The first kappa shape index (κ1) is 14.1. The van der Waals surface area contributed by atoms with Crippen molar-refractivity contribution in [2.75, 3.05) is 5.32 Å². The van der Waals surface area contributed by atoms with Gasteiger partial charge in [-0.2, -0.15) is 0 Å². The van der Waals surface area contributed by atoms with Gasteiger partial charge in [0.1, 0.15) is 6.54 Å². The lowest BCUT2D eigenvalue weighted by Gasteiger charge is -2.12. The molecular formula is C16H18N2O2. The van der Waals surface area contributed by atoms with E-state index in [0.717, 1.165) is 22.5 Å². The molecular weight excluding hydrogens is 252 g/mol. The first-order valence-electron chi connectivity index (χ1n) is 6.51. The maximum absolute atomic E-state index is 12.1. The normalized spacial score (nSPS) is 10.3. The third kappa shape index (κ3) is 3.15. The van der Waals surface area contributed by atoms with E-state index in [1.807, 2.05) is 45.0 Å². The van der Waals surface area contributed by atoms with Crippen molar-refractivity contribution >= 4 is 11.6 Å². The molecule has 0 saturated heterocycles. The van der Waals surface area contributed by atoms with E-state index in [9.17, 15) is 9.59 Å². The van der Waals surface area contributed by atoms with Crippen molar-refractivity contribution in [3.63, 3.8) is 0 Å². The Morgan fingerprint density at radius 2 is 1.90 bits per heavy atom. The molecule has 0 unspecified atom stereocenters. The first-order chi connectivity index (χ1) is 9.47. The van der Waals surface area contributed by atoms with Crippen LogP contribution >= 0.6 is 0 Å². The summed E-state index contributed by atoms with van der Waals surface area (Å²) in [4.78, 5) is 23.8. The number of pyridine rings is 1. The molecule has 0 atom stereocenters. The summed E-state index contributed by atoms with van der Waals surface area (Å²) in [6, 6.07) is 10.8. The van der Waals surface area contributed by atoms with E-state index in [2.05, 4.69) is 5.32 Å². The van der Waals surface area contributed by atoms with Gasteiger partial charge in [0.15, 0.2) is 0 Å². The fourth-order valence-corrected chi connectivity index (χ4v) is 2.03. The van der Waals surface area contributed by atoms with Crippen LogP contribution in [-0.2, 0) is 11.3 Å². The third-order valence-corrected chi connectivity index (χ3v) is 3.24. The molecule has 0 radical (unpaired) electrons. The molecule has 1 aromatic carbocycles. The average molecular weight is 270 g/mol. The fourth-order valence-electron chi connectivity index (χ4n) is 2.03. The minimum atomic E-state index is -0.199. The summed E-state index contributed by atoms with van der Waals surface area (Å²) < 4.78 is 1.46. The molecule has 0 saturated carbocycles. The van der Waals surface area contributed by atoms with Crippen LogP contribution in [0.4, 0.5) is 5.69 Å². The summed E-state index contributed by atoms with van der Waals surface area (Å²) in [5.74, 6) is -0.199. The molecule has 4 heteroatoms. The molecule has 0 aliphatic heterocycles. The number of benzene rings is 1. The van der Waals surface area contributed by atoms with Crippen molar-refractivity contribution in [2.24, 2.45) is 0 Å². The number of nitrogens with zero attached hydrogens (tertiary/aromatic N) is 1. The van der Waals surface area contributed by atoms with Crippen LogP contribution in [0, 0.1) is 20.8 Å². The Labute approximate surface area is 118 Å². The Balaban J connectivity index is 2.17. The third-order valence-electron chi connectivity index (χ3n) is 3.24. The quantitative estimate of drug-likeness (QED) is 0.931. The SMILES string of the molecule is Cc1ccc(C)c(NC(=O)Cn2c(C)cccc2=O)c1. The maximum atomic E-state index is 12.1. The highest BCUT2D eigenvalue weighted by molar-refractivity contribution is 5.91. The lowest BCUT2D eigenvalue weighted by molar-refractivity contribution is -0.116. The maximum Gasteiger partial charge on any atom is 0.251 e. The molecule has 1 aromatic heterocycles. The van der Waals surface area contributed by atoms with Crippen molar-refractivity contribution in [3.05, 3.63) is 63.6 Å². The molecule has 2 rings (SSSR count). The van der Waals surface area contributed by atoms with Gasteiger partial charge in [-0.05, 0) is 44.0 Å². The summed E-state index contributed by atoms with van der Waals surface area (Å²) >= 11 is 0. The molecule has 0 bridgehead atoms. The second-order valence-corrected chi connectivity index (χ2v) is 4.96. The van der Waals surface area contributed by atoms with E-state index in [0.29, 0.717) is 0 Å². The zero-order valence-electron chi connectivity index (χ0n) is 11.9. The predicted molar refractivity (Wildman–Crippen MR) is 80.0 cm³/mol. The molecule has 20 heavy (non-hydrogen) atoms. The predicted octanol–water partition coefficient (Wildman–Crippen LogP) is 2.41. The van der Waals surface area contributed by atoms with Crippen LogP contribution in [0.25, 0.3) is 0 Å². The highest BCUT2D eigenvalue weighted by atomic mass is 16.2. The molecule has 0 aliphatic rings. The number of hydrogen-bond donors (Lipinski definition) is 1. The summed E-state index contributed by atoms with van der Waals surface area (Å²) in [6.07, 6.45) is 0. The van der Waals surface area contributed by atoms with Gasteiger partial charge in [0.2, 0.25) is 5.91 Å². The smallest absolute Gasteiger partial charge is 0.251 e. The van der Waals surface area contributed by atoms with Gasteiger partial charge in [-0.1, -0.05) is 18.2 Å². The molecule has 0 aliphatic carbocycles. The zero-order chi connectivity index (χ0) is 14.7. The van der Waals surface area contributed by atoms with Crippen LogP contribution in [-0.4, -0.2) is 10.5 Å². The molecule has 104 valence electrons. The van der Waals surface area contributed by atoms with E-state index in [-0.39, 0.29) is 18.0 Å². The van der Waals surface area contributed by atoms with E-state index in [1.165, 1.54) is 10.6 Å². The number of aromatic nitrogens is 1. The average Bonchev–Trinajstić information content (AvgIpc) is 2.38. The lowest BCUT2D eigenvalue weighted by Crippen LogP contribution is -2.28. The standard InChI is InChI=1S/C16H18N2O2/c1-11-7-8-12(2)14(9-11)17-15(19)10-18-13(3)5-4-6-16(18)20/h4-9H,10H2,1-3H3,(H,17,19). The summed E-state index contributed by atoms with van der Waals surface area (Å²) in [6.45, 7) is 5.75. The first-order valence-corrected chi connectivity index (χ1v) is 6.51. The van der Waals surface area contributed by atoms with Crippen LogP contribution in [0.5, 0.6) is 0 Å². The van der Waals surface area contributed by atoms with Crippen molar-refractivity contribution in [1.82, 2.24) is 4.57 Å². The second-order valence-electron chi connectivity index (χ2n) is 4.96. The van der Waals surface area contributed by atoms with E-state index < -0.39 is 0 Å². The second kappa shape index (κ2) is 5.74. The minimum Gasteiger partial charge on any atom is -0.324 e. The molecule has 0 spiro atoms. The van der Waals surface area contributed by atoms with Gasteiger partial charge in [0, 0.05) is 17.4 Å². The Morgan fingerprint density at radius 3 is 2.60 bits per heavy atom. The summed E-state index contributed by atoms with van der Waals surface area (Å²) in [5.41, 5.74) is 3.48. The molecule has 1 heterocycles. The van der Waals surface area contributed by atoms with Crippen molar-refractivity contribution in [1.29, 1.82) is 0 Å². The van der Waals surface area contributed by atoms with Crippen LogP contribution < -0.4 is 10.9 Å². The van der Waals surface area contributed by atoms with Crippen LogP contribution in [0.15, 0.2) is 41.2 Å². The van der Waals surface area contributed by atoms with E-state index in [4.69, 9.17) is 0 Å². The fraction of sp³-hybridized carbons (Fsp3) is 0.250. The Morgan fingerprint density at radius 1 is 1.15 bits per heavy atom. The lowest BCUT2D eigenvalue weighted by atomic mass is 10.1. The van der Waals surface area contributed by atoms with Gasteiger partial charge in [-0.15, -0.1) is 0 Å². The number of nitrogens with one attached hydrogen (secondary N) is 1. The van der Waals surface area contributed by atoms with Crippen LogP contribution in [0.1, 0.15) is 16.8 Å². The molecule has 4 nitrogen and oxygen atoms in total. The van der Waals surface area contributed by atoms with Gasteiger partial charge in [0.25, 0.3) is 5.56 Å². The number of anilines is 1. The van der Waals surface area contributed by atoms with Crippen LogP contribution in [0.3, 0.4) is 0 Å². The Hall–Kier alpha value is -2.36. The van der Waals surface area contributed by atoms with Crippen molar-refractivity contribution in [2.45, 2.75) is 27.3 Å². The monoisotopic (exact) mass is 270 g/mol. The minimum absolute atomic E-state index is 0.0267. The topological polar surface area (TPSA) is 51.1 Å². The largest absolute Gasteiger partial charge is 0.324 e. The molecule has 0 fully saturated rings. The summed E-state index contributed by atoms with van der Waals surface area (Å²) in [5, 5.41) is 2.86. The Kier molecular flexibility index (Phi) is 4.03. The number of rotatable bonds is 3. The van der Waals surface area contributed by atoms with Gasteiger partial charge in [-0.25, -0.2) is 0 Å². The highest BCUT2D eigenvalue weighted by Crippen LogP contribution is 2.16. The van der Waals surface area contributed by atoms with Gasteiger partial charge in [0.05, 0.1) is 0 Å². The van der Waals surface area contributed by atoms with Gasteiger partial charge in [-0.3, -0.25) is 9.59 Å². The molecule has 2 aromatic rings. The number of hydrogen-bond acceptors (Lipinski definition) is 2. The van der Waals surface area contributed by atoms with Gasteiger partial charge < -0.3 is 9.88 Å². The number of carbonyl (C=O) groups excluding carboxylic acids is 1.